The second-order valence-corrected chi connectivity index (χ2v) is 5.72. The first kappa shape index (κ1) is 14.3. The van der Waals surface area contributed by atoms with E-state index in [-0.39, 0.29) is 0 Å². The minimum atomic E-state index is 0.318. The van der Waals surface area contributed by atoms with Crippen molar-refractivity contribution in [1.82, 2.24) is 0 Å². The minimum absolute atomic E-state index is 0.318. The first-order valence-corrected chi connectivity index (χ1v) is 7.32. The normalized spacial score (nSPS) is 10.8. The predicted octanol–water partition coefficient (Wildman–Crippen LogP) is 3.78. The van der Waals surface area contributed by atoms with Crippen LogP contribution >= 0.6 is 0 Å². The maximum atomic E-state index is 10.6. The Balaban J connectivity index is 2.11. The molecule has 0 heterocycles. The number of nitrogens with zero attached hydrogens (tertiary/aromatic N) is 1. The second kappa shape index (κ2) is 5.60. The topological polar surface area (TPSA) is 49.5 Å². The van der Waals surface area contributed by atoms with E-state index < -0.39 is 0 Å². The number of rotatable bonds is 3. The molecule has 0 bridgehead atoms. The number of aromatic hydroxyl groups is 1. The van der Waals surface area contributed by atoms with Crippen molar-refractivity contribution < 1.29 is 5.11 Å². The van der Waals surface area contributed by atoms with Gasteiger partial charge in [0.05, 0.1) is 0 Å². The molecule has 3 aromatic rings. The summed E-state index contributed by atoms with van der Waals surface area (Å²) in [7, 11) is 4.04. The van der Waals surface area contributed by atoms with Gasteiger partial charge in [0, 0.05) is 48.2 Å². The highest BCUT2D eigenvalue weighted by Crippen LogP contribution is 2.35. The molecule has 0 aliphatic heterocycles. The highest BCUT2D eigenvalue weighted by molar-refractivity contribution is 5.98. The summed E-state index contributed by atoms with van der Waals surface area (Å²) in [5.74, 6) is 0.318. The van der Waals surface area contributed by atoms with Crippen molar-refractivity contribution in [2.45, 2.75) is 6.42 Å². The van der Waals surface area contributed by atoms with E-state index in [0.29, 0.717) is 17.9 Å². The number of hydrogen-bond acceptors (Lipinski definition) is 3. The molecule has 112 valence electrons. The Bertz CT molecular complexity index is 825. The van der Waals surface area contributed by atoms with E-state index >= 15 is 0 Å². The molecular weight excluding hydrogens is 272 g/mol. The molecule has 0 saturated carbocycles. The number of phenolic OH excluding ortho intramolecular Hbond substituents is 1. The van der Waals surface area contributed by atoms with Gasteiger partial charge in [0.2, 0.25) is 0 Å². The van der Waals surface area contributed by atoms with Crippen LogP contribution in [0.3, 0.4) is 0 Å². The van der Waals surface area contributed by atoms with Crippen LogP contribution in [-0.2, 0) is 6.42 Å². The van der Waals surface area contributed by atoms with Gasteiger partial charge >= 0.3 is 0 Å². The van der Waals surface area contributed by atoms with E-state index in [1.54, 1.807) is 0 Å². The number of hydrogen-bond donors (Lipinski definition) is 2. The van der Waals surface area contributed by atoms with Gasteiger partial charge in [-0.3, -0.25) is 0 Å². The SMILES string of the molecule is CN(C)c1ccccc1Cc1cc(N)c2ccccc2c1O. The largest absolute Gasteiger partial charge is 0.507 e. The molecule has 0 aromatic heterocycles. The zero-order chi connectivity index (χ0) is 15.7. The van der Waals surface area contributed by atoms with Crippen LogP contribution < -0.4 is 10.6 Å². The second-order valence-electron chi connectivity index (χ2n) is 5.72. The van der Waals surface area contributed by atoms with Gasteiger partial charge in [-0.05, 0) is 17.7 Å². The van der Waals surface area contributed by atoms with Crippen LogP contribution in [0.1, 0.15) is 11.1 Å². The molecule has 3 nitrogen and oxygen atoms in total. The van der Waals surface area contributed by atoms with Gasteiger partial charge in [-0.25, -0.2) is 0 Å². The van der Waals surface area contributed by atoms with Crippen molar-refractivity contribution in [2.24, 2.45) is 0 Å². The van der Waals surface area contributed by atoms with E-state index in [4.69, 9.17) is 5.73 Å². The maximum absolute atomic E-state index is 10.6. The lowest BCUT2D eigenvalue weighted by atomic mass is 9.97. The van der Waals surface area contributed by atoms with Gasteiger partial charge in [0.15, 0.2) is 0 Å². The Kier molecular flexibility index (Phi) is 3.63. The predicted molar refractivity (Wildman–Crippen MR) is 93.6 cm³/mol. The van der Waals surface area contributed by atoms with E-state index in [2.05, 4.69) is 17.0 Å². The molecule has 3 aromatic carbocycles. The van der Waals surface area contributed by atoms with Crippen LogP contribution in [-0.4, -0.2) is 19.2 Å². The summed E-state index contributed by atoms with van der Waals surface area (Å²) in [6.45, 7) is 0. The first-order valence-electron chi connectivity index (χ1n) is 7.32. The number of nitrogen functional groups attached to an aromatic ring is 1. The molecule has 0 saturated heterocycles. The fraction of sp³-hybridized carbons (Fsp3) is 0.158. The summed E-state index contributed by atoms with van der Waals surface area (Å²) < 4.78 is 0. The lowest BCUT2D eigenvalue weighted by molar-refractivity contribution is 0.476. The standard InChI is InChI=1S/C19H20N2O/c1-21(2)18-10-6-3-7-13(18)11-14-12-17(20)15-8-4-5-9-16(15)19(14)22/h3-10,12,22H,11,20H2,1-2H3. The molecule has 0 amide bonds. The number of para-hydroxylation sites is 1. The van der Waals surface area contributed by atoms with E-state index in [1.165, 1.54) is 0 Å². The monoisotopic (exact) mass is 292 g/mol. The van der Waals surface area contributed by atoms with Crippen LogP contribution in [0.15, 0.2) is 54.6 Å². The van der Waals surface area contributed by atoms with Gasteiger partial charge < -0.3 is 15.7 Å². The fourth-order valence-corrected chi connectivity index (χ4v) is 2.88. The molecular formula is C19H20N2O. The lowest BCUT2D eigenvalue weighted by Gasteiger charge is -2.18. The highest BCUT2D eigenvalue weighted by atomic mass is 16.3. The van der Waals surface area contributed by atoms with Crippen LogP contribution in [0.5, 0.6) is 5.75 Å². The third-order valence-corrected chi connectivity index (χ3v) is 3.98. The third kappa shape index (κ3) is 2.46. The first-order chi connectivity index (χ1) is 10.6. The Morgan fingerprint density at radius 1 is 0.909 bits per heavy atom. The Morgan fingerprint density at radius 3 is 2.27 bits per heavy atom. The van der Waals surface area contributed by atoms with Crippen molar-refractivity contribution in [3.05, 3.63) is 65.7 Å². The van der Waals surface area contributed by atoms with Gasteiger partial charge in [-0.1, -0.05) is 42.5 Å². The molecule has 3 heteroatoms. The molecule has 0 fully saturated rings. The van der Waals surface area contributed by atoms with E-state index in [1.807, 2.05) is 56.6 Å². The van der Waals surface area contributed by atoms with Gasteiger partial charge in [-0.15, -0.1) is 0 Å². The van der Waals surface area contributed by atoms with Crippen LogP contribution in [0.4, 0.5) is 11.4 Å². The average molecular weight is 292 g/mol. The summed E-state index contributed by atoms with van der Waals surface area (Å²) in [6, 6.07) is 17.8. The Hall–Kier alpha value is -2.68. The van der Waals surface area contributed by atoms with Crippen molar-refractivity contribution in [1.29, 1.82) is 0 Å². The summed E-state index contributed by atoms with van der Waals surface area (Å²) in [6.07, 6.45) is 0.648. The van der Waals surface area contributed by atoms with Gasteiger partial charge in [-0.2, -0.15) is 0 Å². The molecule has 22 heavy (non-hydrogen) atoms. The zero-order valence-corrected chi connectivity index (χ0v) is 12.9. The maximum Gasteiger partial charge on any atom is 0.127 e. The van der Waals surface area contributed by atoms with Crippen molar-refractivity contribution in [2.75, 3.05) is 24.7 Å². The molecule has 3 N–H and O–H groups in total. The van der Waals surface area contributed by atoms with Gasteiger partial charge in [0.25, 0.3) is 0 Å². The summed E-state index contributed by atoms with van der Waals surface area (Å²) in [5, 5.41) is 12.3. The van der Waals surface area contributed by atoms with E-state index in [0.717, 1.165) is 27.6 Å². The summed E-state index contributed by atoms with van der Waals surface area (Å²) in [5.41, 5.74) is 10.0. The number of fused-ring (bicyclic) bond motifs is 1. The van der Waals surface area contributed by atoms with Crippen LogP contribution in [0.2, 0.25) is 0 Å². The molecule has 0 aliphatic carbocycles. The van der Waals surface area contributed by atoms with E-state index in [9.17, 15) is 5.11 Å². The summed E-state index contributed by atoms with van der Waals surface area (Å²) >= 11 is 0. The molecule has 0 radical (unpaired) electrons. The van der Waals surface area contributed by atoms with Crippen molar-refractivity contribution >= 4 is 22.1 Å². The number of anilines is 2. The quantitative estimate of drug-likeness (QED) is 0.570. The molecule has 0 unspecified atom stereocenters. The molecule has 0 aliphatic rings. The summed E-state index contributed by atoms with van der Waals surface area (Å²) in [4.78, 5) is 2.08. The molecule has 3 rings (SSSR count). The highest BCUT2D eigenvalue weighted by Gasteiger charge is 2.12. The van der Waals surface area contributed by atoms with Crippen LogP contribution in [0, 0.1) is 0 Å². The Morgan fingerprint density at radius 2 is 1.55 bits per heavy atom. The minimum Gasteiger partial charge on any atom is -0.507 e. The molecule has 0 spiro atoms. The fourth-order valence-electron chi connectivity index (χ4n) is 2.88. The number of phenols is 1. The lowest BCUT2D eigenvalue weighted by Crippen LogP contribution is -2.11. The number of nitrogens with two attached hydrogens (primary N) is 1. The average Bonchev–Trinajstić information content (AvgIpc) is 2.53. The molecule has 0 atom stereocenters. The number of benzene rings is 3. The van der Waals surface area contributed by atoms with Crippen molar-refractivity contribution in [3.8, 4) is 5.75 Å². The van der Waals surface area contributed by atoms with Crippen LogP contribution in [0.25, 0.3) is 10.8 Å². The Labute approximate surface area is 130 Å². The smallest absolute Gasteiger partial charge is 0.127 e. The van der Waals surface area contributed by atoms with Crippen molar-refractivity contribution in [3.63, 3.8) is 0 Å². The van der Waals surface area contributed by atoms with Gasteiger partial charge in [0.1, 0.15) is 5.75 Å². The zero-order valence-electron chi connectivity index (χ0n) is 12.9. The third-order valence-electron chi connectivity index (χ3n) is 3.98.